The largest absolute Gasteiger partial charge is 0.508 e. The topological polar surface area (TPSA) is 80.9 Å². The van der Waals surface area contributed by atoms with Crippen LogP contribution in [0.4, 0.5) is 0 Å². The van der Waals surface area contributed by atoms with E-state index in [-0.39, 0.29) is 0 Å². The fraction of sp³-hybridized carbons (Fsp3) is 0.273. The first-order valence-electron chi connectivity index (χ1n) is 12.6. The molecular weight excluding hydrogens is 460 g/mol. The minimum absolute atomic E-state index is 0.322. The van der Waals surface area contributed by atoms with Gasteiger partial charge in [-0.2, -0.15) is 0 Å². The minimum atomic E-state index is 0.322. The lowest BCUT2D eigenvalue weighted by molar-refractivity contribution is 0.469. The van der Waals surface area contributed by atoms with Gasteiger partial charge >= 0.3 is 0 Å². The third-order valence-corrected chi connectivity index (χ3v) is 6.05. The summed E-state index contributed by atoms with van der Waals surface area (Å²) in [6.07, 6.45) is 0.823. The maximum atomic E-state index is 10.0. The van der Waals surface area contributed by atoms with E-state index in [9.17, 15) is 10.2 Å². The minimum Gasteiger partial charge on any atom is -0.508 e. The van der Waals surface area contributed by atoms with E-state index >= 15 is 0 Å². The SMILES string of the molecule is Cc1cc(Cc2cc(C)c(O)cc2C(C)C)c(C(C)C)cc1O.Oc1ccccc1.Oc1ccccc1. The molecule has 0 amide bonds. The number of hydrogen-bond acceptors (Lipinski definition) is 4. The van der Waals surface area contributed by atoms with Crippen molar-refractivity contribution >= 4 is 0 Å². The molecule has 0 aliphatic rings. The molecule has 0 bridgehead atoms. The Morgan fingerprint density at radius 1 is 0.514 bits per heavy atom. The highest BCUT2D eigenvalue weighted by molar-refractivity contribution is 5.48. The van der Waals surface area contributed by atoms with Crippen molar-refractivity contribution in [1.29, 1.82) is 0 Å². The summed E-state index contributed by atoms with van der Waals surface area (Å²) >= 11 is 0. The standard InChI is InChI=1S/C21H28O2.2C6H6O/c1-12(2)18-10-20(22)14(5)7-16(18)9-17-8-15(6)21(23)11-19(17)13(3)4;2*7-6-4-2-1-3-5-6/h7-8,10-13,22-23H,9H2,1-6H3;2*1-5,7H. The van der Waals surface area contributed by atoms with E-state index in [0.717, 1.165) is 17.5 Å². The third kappa shape index (κ3) is 9.23. The maximum absolute atomic E-state index is 10.0. The zero-order valence-electron chi connectivity index (χ0n) is 22.7. The van der Waals surface area contributed by atoms with Crippen LogP contribution in [0.3, 0.4) is 0 Å². The van der Waals surface area contributed by atoms with Gasteiger partial charge in [-0.1, -0.05) is 76.2 Å². The molecular formula is C33H40O4. The van der Waals surface area contributed by atoms with Crippen molar-refractivity contribution < 1.29 is 20.4 Å². The highest BCUT2D eigenvalue weighted by atomic mass is 16.3. The van der Waals surface area contributed by atoms with Crippen LogP contribution < -0.4 is 0 Å². The van der Waals surface area contributed by atoms with Gasteiger partial charge in [-0.3, -0.25) is 0 Å². The number of hydrogen-bond donors (Lipinski definition) is 4. The van der Waals surface area contributed by atoms with Crippen LogP contribution in [0.25, 0.3) is 0 Å². The first-order valence-corrected chi connectivity index (χ1v) is 12.6. The molecule has 4 heteroatoms. The molecule has 4 N–H and O–H groups in total. The van der Waals surface area contributed by atoms with Gasteiger partial charge in [0.2, 0.25) is 0 Å². The van der Waals surface area contributed by atoms with Gasteiger partial charge < -0.3 is 20.4 Å². The number of rotatable bonds is 4. The second kappa shape index (κ2) is 14.0. The molecule has 0 aromatic heterocycles. The van der Waals surface area contributed by atoms with Crippen LogP contribution in [-0.4, -0.2) is 20.4 Å². The highest BCUT2D eigenvalue weighted by Gasteiger charge is 2.15. The second-order valence-electron chi connectivity index (χ2n) is 9.83. The van der Waals surface area contributed by atoms with Crippen molar-refractivity contribution in [3.63, 3.8) is 0 Å². The summed E-state index contributed by atoms with van der Waals surface area (Å²) in [5.74, 6) is 2.09. The van der Waals surface area contributed by atoms with Crippen LogP contribution in [-0.2, 0) is 6.42 Å². The predicted octanol–water partition coefficient (Wildman–Crippen LogP) is 8.34. The number of phenols is 4. The summed E-state index contributed by atoms with van der Waals surface area (Å²) < 4.78 is 0. The van der Waals surface area contributed by atoms with Gasteiger partial charge in [0, 0.05) is 0 Å². The number of benzene rings is 4. The fourth-order valence-corrected chi connectivity index (χ4v) is 3.99. The molecule has 4 aromatic carbocycles. The third-order valence-electron chi connectivity index (χ3n) is 6.05. The molecule has 0 saturated carbocycles. The van der Waals surface area contributed by atoms with Crippen molar-refractivity contribution in [3.05, 3.63) is 118 Å². The number of aryl methyl sites for hydroxylation is 2. The van der Waals surface area contributed by atoms with Gasteiger partial charge in [0.1, 0.15) is 23.0 Å². The van der Waals surface area contributed by atoms with Gasteiger partial charge in [0.15, 0.2) is 0 Å². The Balaban J connectivity index is 0.000000276. The van der Waals surface area contributed by atoms with Gasteiger partial charge in [-0.25, -0.2) is 0 Å². The Labute approximate surface area is 221 Å². The number of phenolic OH excluding ortho intramolecular Hbond substituents is 4. The lowest BCUT2D eigenvalue weighted by Crippen LogP contribution is -2.03. The van der Waals surface area contributed by atoms with Gasteiger partial charge in [-0.05, 0) is 102 Å². The molecule has 0 aliphatic heterocycles. The van der Waals surface area contributed by atoms with Crippen LogP contribution in [0.15, 0.2) is 84.9 Å². The maximum Gasteiger partial charge on any atom is 0.118 e. The molecule has 0 fully saturated rings. The van der Waals surface area contributed by atoms with Crippen LogP contribution >= 0.6 is 0 Å². The Kier molecular flexibility index (Phi) is 11.1. The summed E-state index contributed by atoms with van der Waals surface area (Å²) in [5.41, 5.74) is 6.70. The van der Waals surface area contributed by atoms with Crippen molar-refractivity contribution in [3.8, 4) is 23.0 Å². The van der Waals surface area contributed by atoms with Crippen LogP contribution in [0.5, 0.6) is 23.0 Å². The van der Waals surface area contributed by atoms with Crippen LogP contribution in [0, 0.1) is 13.8 Å². The molecule has 4 rings (SSSR count). The molecule has 0 atom stereocenters. The van der Waals surface area contributed by atoms with Gasteiger partial charge in [0.25, 0.3) is 0 Å². The quantitative estimate of drug-likeness (QED) is 0.227. The van der Waals surface area contributed by atoms with Gasteiger partial charge in [0.05, 0.1) is 0 Å². The van der Waals surface area contributed by atoms with E-state index in [2.05, 4.69) is 39.8 Å². The van der Waals surface area contributed by atoms with Crippen LogP contribution in [0.2, 0.25) is 0 Å². The summed E-state index contributed by atoms with van der Waals surface area (Å²) in [6.45, 7) is 12.5. The first-order chi connectivity index (χ1) is 17.5. The lowest BCUT2D eigenvalue weighted by atomic mass is 9.87. The Morgan fingerprint density at radius 2 is 0.838 bits per heavy atom. The monoisotopic (exact) mass is 500 g/mol. The Hall–Kier alpha value is -3.92. The smallest absolute Gasteiger partial charge is 0.118 e. The van der Waals surface area contributed by atoms with E-state index < -0.39 is 0 Å². The first kappa shape index (κ1) is 29.3. The number of aromatic hydroxyl groups is 4. The van der Waals surface area contributed by atoms with Crippen molar-refractivity contribution in [1.82, 2.24) is 0 Å². The zero-order chi connectivity index (χ0) is 27.5. The Bertz CT molecular complexity index is 1150. The second-order valence-corrected chi connectivity index (χ2v) is 9.83. The molecule has 0 radical (unpaired) electrons. The molecule has 196 valence electrons. The fourth-order valence-electron chi connectivity index (χ4n) is 3.99. The Morgan fingerprint density at radius 3 is 1.08 bits per heavy atom. The van der Waals surface area contributed by atoms with E-state index in [1.54, 1.807) is 48.5 Å². The van der Waals surface area contributed by atoms with Crippen LogP contribution in [0.1, 0.15) is 72.9 Å². The van der Waals surface area contributed by atoms with Gasteiger partial charge in [-0.15, -0.1) is 0 Å². The average molecular weight is 501 g/mol. The molecule has 0 unspecified atom stereocenters. The van der Waals surface area contributed by atoms with E-state index in [1.807, 2.05) is 38.1 Å². The summed E-state index contributed by atoms with van der Waals surface area (Å²) in [4.78, 5) is 0. The van der Waals surface area contributed by atoms with Crippen molar-refractivity contribution in [2.75, 3.05) is 0 Å². The molecule has 0 saturated heterocycles. The normalized spacial score (nSPS) is 10.4. The van der Waals surface area contributed by atoms with Crippen molar-refractivity contribution in [2.45, 2.75) is 59.8 Å². The molecule has 4 aromatic rings. The highest BCUT2D eigenvalue weighted by Crippen LogP contribution is 2.33. The summed E-state index contributed by atoms with van der Waals surface area (Å²) in [6, 6.07) is 25.4. The van der Waals surface area contributed by atoms with E-state index in [4.69, 9.17) is 10.2 Å². The molecule has 0 heterocycles. The van der Waals surface area contributed by atoms with Crippen molar-refractivity contribution in [2.24, 2.45) is 0 Å². The molecule has 0 spiro atoms. The zero-order valence-corrected chi connectivity index (χ0v) is 22.7. The summed E-state index contributed by atoms with van der Waals surface area (Å²) in [7, 11) is 0. The van der Waals surface area contributed by atoms with E-state index in [1.165, 1.54) is 22.3 Å². The lowest BCUT2D eigenvalue weighted by Gasteiger charge is -2.19. The molecule has 37 heavy (non-hydrogen) atoms. The average Bonchev–Trinajstić information content (AvgIpc) is 2.85. The summed E-state index contributed by atoms with van der Waals surface area (Å²) in [5, 5.41) is 37.3. The molecule has 0 aliphatic carbocycles. The van der Waals surface area contributed by atoms with E-state index in [0.29, 0.717) is 34.8 Å². The predicted molar refractivity (Wildman–Crippen MR) is 153 cm³/mol. The number of para-hydroxylation sites is 2. The molecule has 4 nitrogen and oxygen atoms in total.